The number of benzene rings is 1. The first-order valence-electron chi connectivity index (χ1n) is 5.47. The van der Waals surface area contributed by atoms with Crippen molar-refractivity contribution in [1.82, 2.24) is 9.55 Å². The van der Waals surface area contributed by atoms with Gasteiger partial charge in [-0.25, -0.2) is 0 Å². The summed E-state index contributed by atoms with van der Waals surface area (Å²) in [5.41, 5.74) is 1.32. The molecule has 0 amide bonds. The van der Waals surface area contributed by atoms with Gasteiger partial charge in [0.15, 0.2) is 0 Å². The van der Waals surface area contributed by atoms with E-state index >= 15 is 0 Å². The molecule has 0 radical (unpaired) electrons. The van der Waals surface area contributed by atoms with E-state index in [2.05, 4.69) is 4.98 Å². The quantitative estimate of drug-likeness (QED) is 0.669. The Morgan fingerprint density at radius 3 is 2.83 bits per heavy atom. The van der Waals surface area contributed by atoms with Gasteiger partial charge < -0.3 is 0 Å². The minimum atomic E-state index is -0.137. The van der Waals surface area contributed by atoms with Crippen molar-refractivity contribution in [1.29, 1.82) is 0 Å². The smallest absolute Gasteiger partial charge is 0.263 e. The summed E-state index contributed by atoms with van der Waals surface area (Å²) in [5.74, 6) is -0.137. The second-order valence-electron chi connectivity index (χ2n) is 3.91. The van der Waals surface area contributed by atoms with Crippen molar-refractivity contribution in [2.24, 2.45) is 0 Å². The fourth-order valence-corrected chi connectivity index (χ4v) is 2.14. The fraction of sp³-hybridized carbons (Fsp3) is 0. The van der Waals surface area contributed by atoms with Crippen LogP contribution >= 0.6 is 11.6 Å². The Kier molecular flexibility index (Phi) is 2.61. The molecule has 4 heteroatoms. The molecule has 3 nitrogen and oxygen atoms in total. The van der Waals surface area contributed by atoms with Crippen LogP contribution in [-0.2, 0) is 0 Å². The number of pyridine rings is 1. The molecule has 0 bridgehead atoms. The van der Waals surface area contributed by atoms with E-state index < -0.39 is 0 Å². The second kappa shape index (κ2) is 4.27. The molecular formula is C14H9ClN2O. The second-order valence-corrected chi connectivity index (χ2v) is 4.31. The molecule has 3 aromatic rings. The monoisotopic (exact) mass is 256 g/mol. The summed E-state index contributed by atoms with van der Waals surface area (Å²) in [7, 11) is 0. The Balaban J connectivity index is 2.16. The maximum absolute atomic E-state index is 12.4. The zero-order chi connectivity index (χ0) is 12.5. The molecule has 18 heavy (non-hydrogen) atoms. The molecule has 0 N–H and O–H groups in total. The fourth-order valence-electron chi connectivity index (χ4n) is 1.92. The molecule has 88 valence electrons. The maximum Gasteiger partial charge on any atom is 0.263 e. The highest BCUT2D eigenvalue weighted by atomic mass is 35.5. The molecule has 3 rings (SSSR count). The molecule has 0 aliphatic heterocycles. The van der Waals surface area contributed by atoms with Gasteiger partial charge in [-0.1, -0.05) is 23.7 Å². The lowest BCUT2D eigenvalue weighted by molar-refractivity contribution is 0.0965. The summed E-state index contributed by atoms with van der Waals surface area (Å²) in [6.07, 6.45) is 5.13. The number of rotatable bonds is 1. The van der Waals surface area contributed by atoms with E-state index in [1.165, 1.54) is 0 Å². The van der Waals surface area contributed by atoms with Crippen LogP contribution in [-0.4, -0.2) is 15.5 Å². The molecule has 0 aliphatic carbocycles. The van der Waals surface area contributed by atoms with Gasteiger partial charge in [0.2, 0.25) is 0 Å². The van der Waals surface area contributed by atoms with Crippen molar-refractivity contribution < 1.29 is 4.79 Å². The van der Waals surface area contributed by atoms with Gasteiger partial charge in [-0.2, -0.15) is 0 Å². The molecule has 1 aromatic carbocycles. The summed E-state index contributed by atoms with van der Waals surface area (Å²) in [5, 5.41) is 1.39. The molecule has 0 unspecified atom stereocenters. The third-order valence-electron chi connectivity index (χ3n) is 2.81. The highest BCUT2D eigenvalue weighted by Gasteiger charge is 2.13. The molecule has 0 fully saturated rings. The van der Waals surface area contributed by atoms with E-state index in [1.807, 2.05) is 12.1 Å². The third kappa shape index (κ3) is 1.69. The molecule has 0 spiro atoms. The van der Waals surface area contributed by atoms with Gasteiger partial charge in [-0.3, -0.25) is 14.3 Å². The van der Waals surface area contributed by atoms with Crippen LogP contribution in [0.15, 0.2) is 55.0 Å². The van der Waals surface area contributed by atoms with Crippen LogP contribution in [0.25, 0.3) is 10.9 Å². The van der Waals surface area contributed by atoms with E-state index in [-0.39, 0.29) is 5.91 Å². The summed E-state index contributed by atoms with van der Waals surface area (Å²) >= 11 is 6.04. The average molecular weight is 257 g/mol. The topological polar surface area (TPSA) is 34.9 Å². The number of carbonyl (C=O) groups is 1. The number of aromatic nitrogens is 2. The highest BCUT2D eigenvalue weighted by Crippen LogP contribution is 2.20. The van der Waals surface area contributed by atoms with Crippen LogP contribution in [0.4, 0.5) is 0 Å². The average Bonchev–Trinajstić information content (AvgIpc) is 2.82. The minimum Gasteiger partial charge on any atom is -0.283 e. The Labute approximate surface area is 109 Å². The molecule has 2 aromatic heterocycles. The number of carbonyl (C=O) groups excluding carboxylic acids is 1. The van der Waals surface area contributed by atoms with Gasteiger partial charge in [0.05, 0.1) is 16.1 Å². The van der Waals surface area contributed by atoms with E-state index in [4.69, 9.17) is 11.6 Å². The molecule has 0 saturated carbocycles. The van der Waals surface area contributed by atoms with Gasteiger partial charge in [0.1, 0.15) is 0 Å². The van der Waals surface area contributed by atoms with E-state index in [1.54, 1.807) is 47.4 Å². The summed E-state index contributed by atoms with van der Waals surface area (Å²) < 4.78 is 1.58. The first-order chi connectivity index (χ1) is 8.77. The van der Waals surface area contributed by atoms with Gasteiger partial charge in [0.25, 0.3) is 5.91 Å². The van der Waals surface area contributed by atoms with Crippen LogP contribution in [0.2, 0.25) is 5.02 Å². The normalized spacial score (nSPS) is 10.7. The lowest BCUT2D eigenvalue weighted by atomic mass is 10.2. The first-order valence-corrected chi connectivity index (χ1v) is 5.85. The van der Waals surface area contributed by atoms with E-state index in [9.17, 15) is 4.79 Å². The van der Waals surface area contributed by atoms with Crippen LogP contribution in [0.3, 0.4) is 0 Å². The highest BCUT2D eigenvalue weighted by molar-refractivity contribution is 6.34. The number of halogens is 1. The zero-order valence-corrected chi connectivity index (χ0v) is 10.1. The Morgan fingerprint density at radius 1 is 1.17 bits per heavy atom. The Morgan fingerprint density at radius 2 is 2.00 bits per heavy atom. The van der Waals surface area contributed by atoms with Crippen LogP contribution in [0.5, 0.6) is 0 Å². The Bertz CT molecular complexity index is 733. The summed E-state index contributed by atoms with van der Waals surface area (Å²) in [4.78, 5) is 16.4. The standard InChI is InChI=1S/C14H9ClN2O/c15-12-4-2-1-3-11(12)14(18)17-8-6-10-9-16-7-5-13(10)17/h1-9H. The van der Waals surface area contributed by atoms with Gasteiger partial charge >= 0.3 is 0 Å². The van der Waals surface area contributed by atoms with E-state index in [0.717, 1.165) is 10.9 Å². The first kappa shape index (κ1) is 11.0. The number of fused-ring (bicyclic) bond motifs is 1. The van der Waals surface area contributed by atoms with Gasteiger partial charge in [-0.15, -0.1) is 0 Å². The lowest BCUT2D eigenvalue weighted by Gasteiger charge is -2.05. The van der Waals surface area contributed by atoms with Crippen molar-refractivity contribution in [3.05, 3.63) is 65.6 Å². The zero-order valence-electron chi connectivity index (χ0n) is 9.38. The number of hydrogen-bond acceptors (Lipinski definition) is 2. The molecule has 0 saturated heterocycles. The summed E-state index contributed by atoms with van der Waals surface area (Å²) in [6, 6.07) is 10.7. The molecule has 0 atom stereocenters. The van der Waals surface area contributed by atoms with Crippen LogP contribution in [0, 0.1) is 0 Å². The SMILES string of the molecule is O=C(c1ccccc1Cl)n1ccc2cnccc21. The van der Waals surface area contributed by atoms with Crippen molar-refractivity contribution in [3.63, 3.8) is 0 Å². The van der Waals surface area contributed by atoms with Gasteiger partial charge in [-0.05, 0) is 24.3 Å². The maximum atomic E-state index is 12.4. The number of hydrogen-bond donors (Lipinski definition) is 0. The summed E-state index contributed by atoms with van der Waals surface area (Å²) in [6.45, 7) is 0. The van der Waals surface area contributed by atoms with Crippen molar-refractivity contribution in [2.75, 3.05) is 0 Å². The van der Waals surface area contributed by atoms with Crippen LogP contribution < -0.4 is 0 Å². The molecule has 2 heterocycles. The van der Waals surface area contributed by atoms with Crippen LogP contribution in [0.1, 0.15) is 10.4 Å². The van der Waals surface area contributed by atoms with Gasteiger partial charge in [0, 0.05) is 24.0 Å². The van der Waals surface area contributed by atoms with Crippen molar-refractivity contribution in [2.45, 2.75) is 0 Å². The predicted octanol–water partition coefficient (Wildman–Crippen LogP) is 3.38. The lowest BCUT2D eigenvalue weighted by Crippen LogP contribution is -2.11. The van der Waals surface area contributed by atoms with Crippen molar-refractivity contribution in [3.8, 4) is 0 Å². The minimum absolute atomic E-state index is 0.137. The Hall–Kier alpha value is -2.13. The molecular weight excluding hydrogens is 248 g/mol. The predicted molar refractivity (Wildman–Crippen MR) is 70.9 cm³/mol. The third-order valence-corrected chi connectivity index (χ3v) is 3.14. The van der Waals surface area contributed by atoms with Crippen molar-refractivity contribution >= 4 is 28.4 Å². The largest absolute Gasteiger partial charge is 0.283 e. The number of nitrogens with zero attached hydrogens (tertiary/aromatic N) is 2. The molecule has 0 aliphatic rings. The van der Waals surface area contributed by atoms with E-state index in [0.29, 0.717) is 10.6 Å².